The summed E-state index contributed by atoms with van der Waals surface area (Å²) in [4.78, 5) is 21.2. The van der Waals surface area contributed by atoms with Crippen LogP contribution in [0.2, 0.25) is 0 Å². The summed E-state index contributed by atoms with van der Waals surface area (Å²) in [5, 5.41) is 0. The summed E-state index contributed by atoms with van der Waals surface area (Å²) in [6, 6.07) is 0. The third-order valence-corrected chi connectivity index (χ3v) is 2.08. The molecule has 13 heavy (non-hydrogen) atoms. The summed E-state index contributed by atoms with van der Waals surface area (Å²) < 4.78 is 9.83. The Balaban J connectivity index is -0.000000500. The van der Waals surface area contributed by atoms with Crippen molar-refractivity contribution in [2.45, 2.75) is 26.3 Å². The molecule has 68 valence electrons. The molecule has 0 saturated carbocycles. The van der Waals surface area contributed by atoms with Crippen molar-refractivity contribution in [2.24, 2.45) is 0 Å². The monoisotopic (exact) mass is 226 g/mol. The Kier molecular flexibility index (Phi) is 17.1. The molecule has 0 aliphatic heterocycles. The quantitative estimate of drug-likeness (QED) is 0.266. The van der Waals surface area contributed by atoms with Gasteiger partial charge in [0.2, 0.25) is 0 Å². The molecule has 0 rings (SSSR count). The molecule has 0 aromatic carbocycles. The van der Waals surface area contributed by atoms with E-state index in [0.29, 0.717) is 13.2 Å². The van der Waals surface area contributed by atoms with Gasteiger partial charge in [0.15, 0.2) is 5.53 Å². The van der Waals surface area contributed by atoms with E-state index in [-0.39, 0.29) is 59.1 Å². The molecular weight excluding hydrogens is 213 g/mol. The van der Waals surface area contributed by atoms with Crippen LogP contribution in [0.25, 0.3) is 0 Å². The molecule has 0 aliphatic rings. The fourth-order valence-corrected chi connectivity index (χ4v) is 1.15. The maximum Gasteiger partial charge on any atom is 1.00 e. The minimum Gasteiger partial charge on any atom is -0.838 e. The first-order chi connectivity index (χ1) is 5.06. The topological polar surface area (TPSA) is 64.6 Å². The van der Waals surface area contributed by atoms with Crippen LogP contribution in [0, 0.1) is 0 Å². The third kappa shape index (κ3) is 8.12. The van der Waals surface area contributed by atoms with Gasteiger partial charge < -0.3 is 19.3 Å². The second-order valence-electron chi connectivity index (χ2n) is 2.02. The van der Waals surface area contributed by atoms with Gasteiger partial charge in [0, 0.05) is 13.2 Å². The molecule has 0 heterocycles. The van der Waals surface area contributed by atoms with E-state index in [4.69, 9.17) is 9.47 Å². The second-order valence-corrected chi connectivity index (χ2v) is 3.35. The first-order valence-electron chi connectivity index (χ1n) is 3.49. The van der Waals surface area contributed by atoms with Crippen LogP contribution < -0.4 is 68.9 Å². The molecule has 0 aromatic rings. The third-order valence-electron chi connectivity index (χ3n) is 1.16. The Hall–Kier alpha value is 2.27. The van der Waals surface area contributed by atoms with Gasteiger partial charge in [0.1, 0.15) is 0 Å². The summed E-state index contributed by atoms with van der Waals surface area (Å²) in [6.45, 7) is 5.47. The number of hydrogen-bond acceptors (Lipinski definition) is 4. The predicted octanol–water partition coefficient (Wildman–Crippen LogP) is -6.23. The van der Waals surface area contributed by atoms with E-state index in [9.17, 15) is 9.79 Å². The normalized spacial score (nSPS) is 10.6. The SMILES string of the molecule is CCOC(C)(OCC)P([O-])[O-].[Na+].[Na+]. The summed E-state index contributed by atoms with van der Waals surface area (Å²) in [5.74, 6) is 0. The Morgan fingerprint density at radius 1 is 1.08 bits per heavy atom. The van der Waals surface area contributed by atoms with Crippen LogP contribution in [0.3, 0.4) is 0 Å². The maximum atomic E-state index is 10.6. The standard InChI is InChI=1S/C6H13O4P.2Na/c1-4-9-6(3,10-5-2)11(7)8;;/h4-5H2,1-3H3;;/q-2;2*+1. The van der Waals surface area contributed by atoms with Crippen molar-refractivity contribution >= 4 is 8.38 Å². The first kappa shape index (κ1) is 20.7. The maximum absolute atomic E-state index is 10.6. The fraction of sp³-hybridized carbons (Fsp3) is 1.00. The Morgan fingerprint density at radius 2 is 1.38 bits per heavy atom. The van der Waals surface area contributed by atoms with Crippen molar-refractivity contribution in [3.63, 3.8) is 0 Å². The summed E-state index contributed by atoms with van der Waals surface area (Å²) in [7, 11) is -2.70. The predicted molar refractivity (Wildman–Crippen MR) is 38.6 cm³/mol. The van der Waals surface area contributed by atoms with E-state index in [2.05, 4.69) is 0 Å². The summed E-state index contributed by atoms with van der Waals surface area (Å²) in [6.07, 6.45) is 0. The number of rotatable bonds is 5. The molecular formula is C6H13Na2O4P. The van der Waals surface area contributed by atoms with Gasteiger partial charge in [-0.2, -0.15) is 0 Å². The molecule has 0 fully saturated rings. The summed E-state index contributed by atoms with van der Waals surface area (Å²) >= 11 is 0. The van der Waals surface area contributed by atoms with Crippen LogP contribution in [0.1, 0.15) is 20.8 Å². The molecule has 4 nitrogen and oxygen atoms in total. The molecule has 0 unspecified atom stereocenters. The zero-order valence-electron chi connectivity index (χ0n) is 8.99. The van der Waals surface area contributed by atoms with Crippen LogP contribution >= 0.6 is 8.38 Å². The smallest absolute Gasteiger partial charge is 0.838 e. The minimum atomic E-state index is -2.70. The van der Waals surface area contributed by atoms with E-state index in [1.165, 1.54) is 6.92 Å². The molecule has 0 aliphatic carbocycles. The van der Waals surface area contributed by atoms with E-state index < -0.39 is 13.9 Å². The van der Waals surface area contributed by atoms with Crippen LogP contribution in [0.4, 0.5) is 0 Å². The molecule has 0 atom stereocenters. The van der Waals surface area contributed by atoms with Gasteiger partial charge in [-0.25, -0.2) is 8.38 Å². The second kappa shape index (κ2) is 10.8. The van der Waals surface area contributed by atoms with Crippen molar-refractivity contribution in [1.29, 1.82) is 0 Å². The minimum absolute atomic E-state index is 0. The zero-order chi connectivity index (χ0) is 8.91. The average molecular weight is 226 g/mol. The molecule has 0 spiro atoms. The number of ether oxygens (including phenoxy) is 2. The van der Waals surface area contributed by atoms with Gasteiger partial charge in [0.25, 0.3) is 0 Å². The van der Waals surface area contributed by atoms with Crippen LogP contribution in [-0.4, -0.2) is 18.7 Å². The first-order valence-corrected chi connectivity index (χ1v) is 4.67. The zero-order valence-corrected chi connectivity index (χ0v) is 13.9. The van der Waals surface area contributed by atoms with E-state index in [1.807, 2.05) is 0 Å². The van der Waals surface area contributed by atoms with Crippen molar-refractivity contribution in [1.82, 2.24) is 0 Å². The van der Waals surface area contributed by atoms with E-state index in [1.54, 1.807) is 13.8 Å². The van der Waals surface area contributed by atoms with Gasteiger partial charge in [0.05, 0.1) is 0 Å². The molecule has 0 bridgehead atoms. The number of hydrogen-bond donors (Lipinski definition) is 0. The van der Waals surface area contributed by atoms with Crippen LogP contribution in [0.15, 0.2) is 0 Å². The van der Waals surface area contributed by atoms with Crippen LogP contribution in [0.5, 0.6) is 0 Å². The van der Waals surface area contributed by atoms with E-state index in [0.717, 1.165) is 0 Å². The molecule has 0 radical (unpaired) electrons. The molecule has 0 amide bonds. The van der Waals surface area contributed by atoms with Gasteiger partial charge in [-0.1, -0.05) is 0 Å². The van der Waals surface area contributed by atoms with Gasteiger partial charge >= 0.3 is 59.1 Å². The van der Waals surface area contributed by atoms with Gasteiger partial charge in [-0.05, 0) is 20.8 Å². The molecule has 0 saturated heterocycles. The Labute approximate surface area is 125 Å². The van der Waals surface area contributed by atoms with E-state index >= 15 is 0 Å². The van der Waals surface area contributed by atoms with Crippen molar-refractivity contribution < 1.29 is 78.4 Å². The summed E-state index contributed by atoms with van der Waals surface area (Å²) in [5.41, 5.74) is -1.45. The fourth-order valence-electron chi connectivity index (χ4n) is 0.683. The van der Waals surface area contributed by atoms with Crippen LogP contribution in [-0.2, 0) is 9.47 Å². The van der Waals surface area contributed by atoms with Crippen molar-refractivity contribution in [3.05, 3.63) is 0 Å². The largest absolute Gasteiger partial charge is 1.00 e. The molecule has 7 heteroatoms. The Morgan fingerprint density at radius 3 is 1.54 bits per heavy atom. The molecule has 0 N–H and O–H groups in total. The van der Waals surface area contributed by atoms with Gasteiger partial charge in [-0.15, -0.1) is 0 Å². The Bertz CT molecular complexity index is 109. The molecule has 0 aromatic heterocycles. The van der Waals surface area contributed by atoms with Gasteiger partial charge in [-0.3, -0.25) is 0 Å². The van der Waals surface area contributed by atoms with Crippen molar-refractivity contribution in [3.8, 4) is 0 Å². The van der Waals surface area contributed by atoms with Crippen molar-refractivity contribution in [2.75, 3.05) is 13.2 Å². The average Bonchev–Trinajstić information content (AvgIpc) is 1.88.